The van der Waals surface area contributed by atoms with Gasteiger partial charge in [0.15, 0.2) is 11.1 Å². The summed E-state index contributed by atoms with van der Waals surface area (Å²) in [6, 6.07) is 41.9. The standard InChI is InChI=1S/C40H32O8/c41-37(45-25-29-13-5-1-6-14-29)35(38(42)46-26-30-15-7-2-8-16-30)33-21-23-34(24-22-33)36(39(43)47-27-31-17-9-3-10-18-31)40(44)48-28-32-19-11-4-12-20-32/h1-24H,25-28H2. The molecule has 0 atom stereocenters. The Hall–Kier alpha value is -6.28. The number of ether oxygens (including phenoxy) is 4. The van der Waals surface area contributed by atoms with Crippen LogP contribution in [0.15, 0.2) is 146 Å². The SMILES string of the molecule is O=C(OCc1ccccc1)C(C(=O)OCc1ccccc1)=c1ccc(=C(C(=O)OCc2ccccc2)C(=O)OCc2ccccc2)cc1. The summed E-state index contributed by atoms with van der Waals surface area (Å²) in [6.07, 6.45) is 0. The van der Waals surface area contributed by atoms with Crippen LogP contribution in [0.4, 0.5) is 0 Å². The van der Waals surface area contributed by atoms with E-state index in [2.05, 4.69) is 0 Å². The molecule has 0 spiro atoms. The van der Waals surface area contributed by atoms with Crippen molar-refractivity contribution in [2.45, 2.75) is 26.4 Å². The molecule has 0 fully saturated rings. The van der Waals surface area contributed by atoms with Gasteiger partial charge in [-0.1, -0.05) is 146 Å². The number of rotatable bonds is 12. The maximum Gasteiger partial charge on any atom is 0.346 e. The van der Waals surface area contributed by atoms with Gasteiger partial charge in [-0.05, 0) is 32.7 Å². The minimum Gasteiger partial charge on any atom is -0.457 e. The minimum absolute atomic E-state index is 0.0638. The summed E-state index contributed by atoms with van der Waals surface area (Å²) in [7, 11) is 0. The summed E-state index contributed by atoms with van der Waals surface area (Å²) >= 11 is 0. The van der Waals surface area contributed by atoms with Crippen LogP contribution in [0.5, 0.6) is 0 Å². The van der Waals surface area contributed by atoms with Crippen LogP contribution in [-0.4, -0.2) is 23.9 Å². The van der Waals surface area contributed by atoms with Gasteiger partial charge in [-0.15, -0.1) is 0 Å². The lowest BCUT2D eigenvalue weighted by Crippen LogP contribution is -2.28. The van der Waals surface area contributed by atoms with Gasteiger partial charge < -0.3 is 18.9 Å². The van der Waals surface area contributed by atoms with E-state index in [-0.39, 0.29) is 48.0 Å². The quantitative estimate of drug-likeness (QED) is 0.107. The molecule has 8 heteroatoms. The van der Waals surface area contributed by atoms with Crippen molar-refractivity contribution in [2.24, 2.45) is 0 Å². The first-order valence-corrected chi connectivity index (χ1v) is 15.2. The zero-order chi connectivity index (χ0) is 33.6. The Kier molecular flexibility index (Phi) is 11.6. The minimum atomic E-state index is -0.890. The van der Waals surface area contributed by atoms with Crippen molar-refractivity contribution in [1.82, 2.24) is 0 Å². The van der Waals surface area contributed by atoms with Gasteiger partial charge in [0.2, 0.25) is 0 Å². The van der Waals surface area contributed by atoms with Gasteiger partial charge in [-0.2, -0.15) is 0 Å². The summed E-state index contributed by atoms with van der Waals surface area (Å²) in [5.41, 5.74) is 2.27. The van der Waals surface area contributed by atoms with E-state index in [1.165, 1.54) is 24.3 Å². The first-order chi connectivity index (χ1) is 23.5. The van der Waals surface area contributed by atoms with Gasteiger partial charge in [0.1, 0.15) is 26.4 Å². The smallest absolute Gasteiger partial charge is 0.346 e. The van der Waals surface area contributed by atoms with Crippen molar-refractivity contribution >= 4 is 35.0 Å². The fourth-order valence-corrected chi connectivity index (χ4v) is 4.62. The normalized spacial score (nSPS) is 10.3. The molecule has 0 saturated heterocycles. The predicted molar refractivity (Wildman–Crippen MR) is 177 cm³/mol. The average Bonchev–Trinajstić information content (AvgIpc) is 3.14. The van der Waals surface area contributed by atoms with E-state index in [0.717, 1.165) is 22.3 Å². The highest BCUT2D eigenvalue weighted by atomic mass is 16.6. The number of esters is 4. The molecule has 0 aliphatic rings. The van der Waals surface area contributed by atoms with Crippen LogP contribution in [0.25, 0.3) is 11.1 Å². The van der Waals surface area contributed by atoms with Crippen molar-refractivity contribution in [3.05, 3.63) is 178 Å². The number of hydrogen-bond acceptors (Lipinski definition) is 8. The first-order valence-electron chi connectivity index (χ1n) is 15.2. The summed E-state index contributed by atoms with van der Waals surface area (Å²) in [4.78, 5) is 53.3. The fraction of sp³-hybridized carbons (Fsp3) is 0.100. The van der Waals surface area contributed by atoms with Gasteiger partial charge in [-0.3, -0.25) is 0 Å². The van der Waals surface area contributed by atoms with Crippen LogP contribution in [0.2, 0.25) is 0 Å². The highest BCUT2D eigenvalue weighted by Crippen LogP contribution is 2.11. The molecule has 0 radical (unpaired) electrons. The van der Waals surface area contributed by atoms with E-state index in [0.29, 0.717) is 0 Å². The van der Waals surface area contributed by atoms with E-state index in [1.54, 1.807) is 48.5 Å². The van der Waals surface area contributed by atoms with Crippen LogP contribution < -0.4 is 10.4 Å². The van der Waals surface area contributed by atoms with E-state index < -0.39 is 23.9 Å². The topological polar surface area (TPSA) is 105 Å². The Morgan fingerprint density at radius 2 is 0.521 bits per heavy atom. The third-order valence-electron chi connectivity index (χ3n) is 7.13. The number of carbonyl (C=O) groups is 4. The molecule has 48 heavy (non-hydrogen) atoms. The number of carbonyl (C=O) groups excluding carboxylic acids is 4. The van der Waals surface area contributed by atoms with Gasteiger partial charge >= 0.3 is 23.9 Å². The Balaban J connectivity index is 1.48. The molecule has 0 N–H and O–H groups in total. The van der Waals surface area contributed by atoms with E-state index >= 15 is 0 Å². The Labute approximate surface area is 277 Å². The number of benzene rings is 5. The summed E-state index contributed by atoms with van der Waals surface area (Å²) in [5.74, 6) is -3.56. The van der Waals surface area contributed by atoms with Crippen LogP contribution in [-0.2, 0) is 64.6 Å². The van der Waals surface area contributed by atoms with E-state index in [4.69, 9.17) is 18.9 Å². The average molecular weight is 641 g/mol. The third-order valence-corrected chi connectivity index (χ3v) is 7.13. The van der Waals surface area contributed by atoms with E-state index in [1.807, 2.05) is 72.8 Å². The van der Waals surface area contributed by atoms with Crippen LogP contribution >= 0.6 is 0 Å². The molecule has 0 saturated carbocycles. The van der Waals surface area contributed by atoms with Gasteiger partial charge in [0.05, 0.1) is 0 Å². The molecule has 8 nitrogen and oxygen atoms in total. The van der Waals surface area contributed by atoms with E-state index in [9.17, 15) is 19.2 Å². The highest BCUT2D eigenvalue weighted by molar-refractivity contribution is 6.37. The summed E-state index contributed by atoms with van der Waals surface area (Å²) in [5, 5.41) is 0.342. The molecule has 5 aromatic rings. The van der Waals surface area contributed by atoms with Gasteiger partial charge in [0.25, 0.3) is 0 Å². The molecule has 0 aliphatic carbocycles. The first kappa shape index (κ1) is 33.1. The van der Waals surface area contributed by atoms with Crippen LogP contribution in [0, 0.1) is 0 Å². The molecular formula is C40H32O8. The predicted octanol–water partition coefficient (Wildman–Crippen LogP) is 4.96. The third kappa shape index (κ3) is 9.37. The lowest BCUT2D eigenvalue weighted by molar-refractivity contribution is -0.146. The molecule has 0 aromatic heterocycles. The van der Waals surface area contributed by atoms with Crippen molar-refractivity contribution in [1.29, 1.82) is 0 Å². The second kappa shape index (κ2) is 16.9. The Bertz CT molecular complexity index is 1690. The zero-order valence-electron chi connectivity index (χ0n) is 26.0. The number of hydrogen-bond donors (Lipinski definition) is 0. The molecule has 5 rings (SSSR count). The van der Waals surface area contributed by atoms with Gasteiger partial charge in [0, 0.05) is 0 Å². The molecule has 0 amide bonds. The van der Waals surface area contributed by atoms with Crippen LogP contribution in [0.1, 0.15) is 22.3 Å². The maximum absolute atomic E-state index is 13.3. The van der Waals surface area contributed by atoms with Gasteiger partial charge in [-0.25, -0.2) is 19.2 Å². The molecule has 0 bridgehead atoms. The monoisotopic (exact) mass is 640 g/mol. The molecule has 5 aromatic carbocycles. The van der Waals surface area contributed by atoms with Crippen molar-refractivity contribution in [3.63, 3.8) is 0 Å². The molecule has 240 valence electrons. The second-order valence-corrected chi connectivity index (χ2v) is 10.6. The van der Waals surface area contributed by atoms with Crippen molar-refractivity contribution in [2.75, 3.05) is 0 Å². The van der Waals surface area contributed by atoms with Crippen molar-refractivity contribution in [3.8, 4) is 0 Å². The second-order valence-electron chi connectivity index (χ2n) is 10.6. The van der Waals surface area contributed by atoms with Crippen molar-refractivity contribution < 1.29 is 38.1 Å². The molecule has 0 aliphatic heterocycles. The molecular weight excluding hydrogens is 608 g/mol. The maximum atomic E-state index is 13.3. The summed E-state index contributed by atoms with van der Waals surface area (Å²) in [6.45, 7) is -0.255. The van der Waals surface area contributed by atoms with Crippen LogP contribution in [0.3, 0.4) is 0 Å². The lowest BCUT2D eigenvalue weighted by Gasteiger charge is -2.11. The Morgan fingerprint density at radius 3 is 0.729 bits per heavy atom. The Morgan fingerprint density at radius 1 is 0.312 bits per heavy atom. The molecule has 0 unspecified atom stereocenters. The molecule has 0 heterocycles. The fourth-order valence-electron chi connectivity index (χ4n) is 4.62. The zero-order valence-corrected chi connectivity index (χ0v) is 26.0. The lowest BCUT2D eigenvalue weighted by atomic mass is 10.1. The highest BCUT2D eigenvalue weighted by Gasteiger charge is 2.25. The largest absolute Gasteiger partial charge is 0.457 e. The summed E-state index contributed by atoms with van der Waals surface area (Å²) < 4.78 is 22.0.